The van der Waals surface area contributed by atoms with Gasteiger partial charge in [-0.15, -0.1) is 0 Å². The summed E-state index contributed by atoms with van der Waals surface area (Å²) in [5, 5.41) is 8.21. The van der Waals surface area contributed by atoms with Gasteiger partial charge in [-0.1, -0.05) is 13.0 Å². The average molecular weight is 286 g/mol. The Bertz CT molecular complexity index is 574. The lowest BCUT2D eigenvalue weighted by Crippen LogP contribution is -2.26. The van der Waals surface area contributed by atoms with Crippen molar-refractivity contribution < 1.29 is 0 Å². The van der Waals surface area contributed by atoms with Crippen molar-refractivity contribution in [1.82, 2.24) is 20.1 Å². The molecule has 0 saturated carbocycles. The van der Waals surface area contributed by atoms with Crippen LogP contribution < -0.4 is 5.32 Å². The van der Waals surface area contributed by atoms with Gasteiger partial charge in [0, 0.05) is 36.6 Å². The first-order valence-corrected chi connectivity index (χ1v) is 7.83. The van der Waals surface area contributed by atoms with Gasteiger partial charge in [0.1, 0.15) is 0 Å². The van der Waals surface area contributed by atoms with Crippen LogP contribution in [0.2, 0.25) is 0 Å². The van der Waals surface area contributed by atoms with E-state index < -0.39 is 0 Å². The minimum absolute atomic E-state index is 0.292. The summed E-state index contributed by atoms with van der Waals surface area (Å²) >= 11 is 0. The summed E-state index contributed by atoms with van der Waals surface area (Å²) in [6, 6.07) is 6.68. The molecule has 2 heterocycles. The normalized spacial score (nSPS) is 12.6. The van der Waals surface area contributed by atoms with Crippen molar-refractivity contribution >= 4 is 0 Å². The molecule has 0 fully saturated rings. The van der Waals surface area contributed by atoms with Gasteiger partial charge in [0.2, 0.25) is 0 Å². The number of nitrogens with one attached hydrogen (secondary N) is 1. The predicted octanol–water partition coefficient (Wildman–Crippen LogP) is 3.20. The van der Waals surface area contributed by atoms with Crippen LogP contribution in [0.5, 0.6) is 0 Å². The molecule has 0 saturated heterocycles. The molecular formula is C17H26N4. The van der Waals surface area contributed by atoms with Crippen LogP contribution in [-0.2, 0) is 13.0 Å². The van der Waals surface area contributed by atoms with Crippen molar-refractivity contribution in [3.8, 4) is 0 Å². The third-order valence-electron chi connectivity index (χ3n) is 3.76. The van der Waals surface area contributed by atoms with E-state index >= 15 is 0 Å². The molecule has 21 heavy (non-hydrogen) atoms. The van der Waals surface area contributed by atoms with Gasteiger partial charge in [-0.3, -0.25) is 9.67 Å². The van der Waals surface area contributed by atoms with Crippen LogP contribution in [0.1, 0.15) is 49.0 Å². The Balaban J connectivity index is 2.26. The highest BCUT2D eigenvalue weighted by Crippen LogP contribution is 2.21. The van der Waals surface area contributed by atoms with E-state index in [9.17, 15) is 0 Å². The lowest BCUT2D eigenvalue weighted by Gasteiger charge is -2.20. The maximum absolute atomic E-state index is 4.55. The van der Waals surface area contributed by atoms with Crippen molar-refractivity contribution in [1.29, 1.82) is 0 Å². The third kappa shape index (κ3) is 3.91. The van der Waals surface area contributed by atoms with E-state index in [-0.39, 0.29) is 0 Å². The van der Waals surface area contributed by atoms with Crippen LogP contribution in [0.3, 0.4) is 0 Å². The maximum atomic E-state index is 4.55. The van der Waals surface area contributed by atoms with Gasteiger partial charge in [0.05, 0.1) is 5.69 Å². The summed E-state index contributed by atoms with van der Waals surface area (Å²) in [6.07, 6.45) is 3.93. The lowest BCUT2D eigenvalue weighted by molar-refractivity contribution is 0.499. The van der Waals surface area contributed by atoms with E-state index in [0.29, 0.717) is 6.04 Å². The largest absolute Gasteiger partial charge is 0.310 e. The smallest absolute Gasteiger partial charge is 0.0596 e. The molecule has 0 bridgehead atoms. The number of nitrogens with zero attached hydrogens (tertiary/aromatic N) is 3. The topological polar surface area (TPSA) is 42.7 Å². The van der Waals surface area contributed by atoms with Gasteiger partial charge in [-0.2, -0.15) is 5.10 Å². The highest BCUT2D eigenvalue weighted by Gasteiger charge is 2.17. The van der Waals surface area contributed by atoms with Gasteiger partial charge < -0.3 is 5.32 Å². The Morgan fingerprint density at radius 3 is 2.76 bits per heavy atom. The van der Waals surface area contributed by atoms with Gasteiger partial charge in [-0.25, -0.2) is 0 Å². The average Bonchev–Trinajstić information content (AvgIpc) is 2.84. The van der Waals surface area contributed by atoms with Crippen LogP contribution in [0.4, 0.5) is 0 Å². The van der Waals surface area contributed by atoms with Crippen LogP contribution in [0.25, 0.3) is 0 Å². The van der Waals surface area contributed by atoms with Crippen molar-refractivity contribution in [3.05, 3.63) is 47.0 Å². The molecule has 4 nitrogen and oxygen atoms in total. The number of rotatable bonds is 7. The zero-order valence-electron chi connectivity index (χ0n) is 13.6. The molecule has 0 aliphatic carbocycles. The quantitative estimate of drug-likeness (QED) is 0.850. The predicted molar refractivity (Wildman–Crippen MR) is 86.4 cm³/mol. The van der Waals surface area contributed by atoms with Crippen molar-refractivity contribution in [2.24, 2.45) is 0 Å². The van der Waals surface area contributed by atoms with E-state index in [0.717, 1.165) is 37.3 Å². The molecule has 1 atom stereocenters. The van der Waals surface area contributed by atoms with Gasteiger partial charge in [0.15, 0.2) is 0 Å². The van der Waals surface area contributed by atoms with Crippen LogP contribution in [-0.4, -0.2) is 21.3 Å². The SMILES string of the molecule is CCCNC(Cc1cc(C)nn1CC)c1cccnc1C. The van der Waals surface area contributed by atoms with Crippen molar-refractivity contribution in [3.63, 3.8) is 0 Å². The third-order valence-corrected chi connectivity index (χ3v) is 3.76. The first-order chi connectivity index (χ1) is 10.2. The molecule has 2 aromatic heterocycles. The second-order valence-electron chi connectivity index (χ2n) is 5.48. The van der Waals surface area contributed by atoms with Crippen LogP contribution in [0.15, 0.2) is 24.4 Å². The number of aromatic nitrogens is 3. The molecule has 1 unspecified atom stereocenters. The molecule has 2 rings (SSSR count). The summed E-state index contributed by atoms with van der Waals surface area (Å²) in [7, 11) is 0. The molecule has 0 aromatic carbocycles. The van der Waals surface area contributed by atoms with Crippen molar-refractivity contribution in [2.45, 2.75) is 53.1 Å². The zero-order chi connectivity index (χ0) is 15.2. The Kier molecular flexibility index (Phi) is 5.51. The van der Waals surface area contributed by atoms with Crippen LogP contribution in [0, 0.1) is 13.8 Å². The summed E-state index contributed by atoms with van der Waals surface area (Å²) < 4.78 is 2.10. The lowest BCUT2D eigenvalue weighted by atomic mass is 10.0. The fraction of sp³-hybridized carbons (Fsp3) is 0.529. The fourth-order valence-corrected chi connectivity index (χ4v) is 2.72. The maximum Gasteiger partial charge on any atom is 0.0596 e. The minimum atomic E-state index is 0.292. The van der Waals surface area contributed by atoms with E-state index in [1.165, 1.54) is 11.3 Å². The number of aryl methyl sites for hydroxylation is 3. The molecule has 0 radical (unpaired) electrons. The molecule has 1 N–H and O–H groups in total. The summed E-state index contributed by atoms with van der Waals surface area (Å²) in [4.78, 5) is 4.44. The second kappa shape index (κ2) is 7.36. The molecule has 4 heteroatoms. The number of pyridine rings is 1. The minimum Gasteiger partial charge on any atom is -0.310 e. The first-order valence-electron chi connectivity index (χ1n) is 7.83. The molecular weight excluding hydrogens is 260 g/mol. The highest BCUT2D eigenvalue weighted by atomic mass is 15.3. The van der Waals surface area contributed by atoms with E-state index in [1.807, 2.05) is 12.3 Å². The molecule has 0 spiro atoms. The summed E-state index contributed by atoms with van der Waals surface area (Å²) in [5.74, 6) is 0. The number of hydrogen-bond acceptors (Lipinski definition) is 3. The van der Waals surface area contributed by atoms with E-state index in [4.69, 9.17) is 0 Å². The Hall–Kier alpha value is -1.68. The zero-order valence-corrected chi connectivity index (χ0v) is 13.6. The summed E-state index contributed by atoms with van der Waals surface area (Å²) in [5.41, 5.74) is 4.76. The fourth-order valence-electron chi connectivity index (χ4n) is 2.72. The molecule has 2 aromatic rings. The second-order valence-corrected chi connectivity index (χ2v) is 5.48. The van der Waals surface area contributed by atoms with E-state index in [1.54, 1.807) is 0 Å². The molecule has 0 amide bonds. The molecule has 0 aliphatic heterocycles. The summed E-state index contributed by atoms with van der Waals surface area (Å²) in [6.45, 7) is 10.4. The Morgan fingerprint density at radius 1 is 1.29 bits per heavy atom. The van der Waals surface area contributed by atoms with Gasteiger partial charge in [-0.05, 0) is 51.4 Å². The Labute approximate surface area is 127 Å². The monoisotopic (exact) mass is 286 g/mol. The number of hydrogen-bond donors (Lipinski definition) is 1. The first kappa shape index (κ1) is 15.7. The van der Waals surface area contributed by atoms with Crippen LogP contribution >= 0.6 is 0 Å². The van der Waals surface area contributed by atoms with Gasteiger partial charge >= 0.3 is 0 Å². The van der Waals surface area contributed by atoms with Gasteiger partial charge in [0.25, 0.3) is 0 Å². The highest BCUT2D eigenvalue weighted by molar-refractivity contribution is 5.25. The molecule has 114 valence electrons. The molecule has 0 aliphatic rings. The standard InChI is InChI=1S/C17H26N4/c1-5-9-19-17(16-8-7-10-18-14(16)4)12-15-11-13(3)20-21(15)6-2/h7-8,10-11,17,19H,5-6,9,12H2,1-4H3. The van der Waals surface area contributed by atoms with Crippen molar-refractivity contribution in [2.75, 3.05) is 6.54 Å². The Morgan fingerprint density at radius 2 is 2.10 bits per heavy atom. The van der Waals surface area contributed by atoms with E-state index in [2.05, 4.69) is 59.9 Å².